The van der Waals surface area contributed by atoms with Gasteiger partial charge in [0.15, 0.2) is 0 Å². The van der Waals surface area contributed by atoms with E-state index in [0.717, 1.165) is 11.3 Å². The highest BCUT2D eigenvalue weighted by Gasteiger charge is 2.15. The first-order chi connectivity index (χ1) is 6.38. The zero-order valence-electron chi connectivity index (χ0n) is 9.37. The Kier molecular flexibility index (Phi) is 3.34. The van der Waals surface area contributed by atoms with Crippen LogP contribution in [0, 0.1) is 0 Å². The standard InChI is InChI=1S/C11H19NOSi/c1-9(12)10-5-7-11(8-6-10)13-14(2,3)4/h5-9H,12H2,1-4H3. The molecule has 2 N–H and O–H groups in total. The van der Waals surface area contributed by atoms with Gasteiger partial charge in [0, 0.05) is 6.04 Å². The molecule has 0 saturated carbocycles. The topological polar surface area (TPSA) is 35.2 Å². The van der Waals surface area contributed by atoms with Crippen LogP contribution in [0.25, 0.3) is 0 Å². The molecule has 78 valence electrons. The molecule has 0 radical (unpaired) electrons. The Labute approximate surface area is 87.2 Å². The van der Waals surface area contributed by atoms with Gasteiger partial charge in [0.2, 0.25) is 8.32 Å². The van der Waals surface area contributed by atoms with Gasteiger partial charge in [-0.15, -0.1) is 0 Å². The number of rotatable bonds is 3. The fourth-order valence-corrected chi connectivity index (χ4v) is 2.04. The first kappa shape index (κ1) is 11.3. The van der Waals surface area contributed by atoms with Crippen LogP contribution in [0.5, 0.6) is 5.75 Å². The van der Waals surface area contributed by atoms with E-state index in [1.807, 2.05) is 31.2 Å². The largest absolute Gasteiger partial charge is 0.544 e. The van der Waals surface area contributed by atoms with Crippen LogP contribution in [0.3, 0.4) is 0 Å². The van der Waals surface area contributed by atoms with E-state index >= 15 is 0 Å². The number of hydrogen-bond acceptors (Lipinski definition) is 2. The zero-order valence-corrected chi connectivity index (χ0v) is 10.4. The first-order valence-corrected chi connectivity index (χ1v) is 8.34. The van der Waals surface area contributed by atoms with Gasteiger partial charge in [-0.3, -0.25) is 0 Å². The first-order valence-electron chi connectivity index (χ1n) is 4.93. The maximum absolute atomic E-state index is 5.83. The van der Waals surface area contributed by atoms with Gasteiger partial charge < -0.3 is 10.2 Å². The molecule has 0 aromatic heterocycles. The maximum atomic E-state index is 5.83. The highest BCUT2D eigenvalue weighted by atomic mass is 28.4. The maximum Gasteiger partial charge on any atom is 0.242 e. The summed E-state index contributed by atoms with van der Waals surface area (Å²) in [6.07, 6.45) is 0. The van der Waals surface area contributed by atoms with Crippen molar-refractivity contribution in [3.05, 3.63) is 29.8 Å². The predicted molar refractivity (Wildman–Crippen MR) is 63.0 cm³/mol. The number of nitrogens with two attached hydrogens (primary N) is 1. The molecule has 0 bridgehead atoms. The molecule has 1 atom stereocenters. The summed E-state index contributed by atoms with van der Waals surface area (Å²) in [6.45, 7) is 8.50. The minimum Gasteiger partial charge on any atom is -0.544 e. The molecule has 0 amide bonds. The van der Waals surface area contributed by atoms with E-state index < -0.39 is 8.32 Å². The second kappa shape index (κ2) is 4.15. The van der Waals surface area contributed by atoms with Gasteiger partial charge in [0.25, 0.3) is 0 Å². The van der Waals surface area contributed by atoms with E-state index in [4.69, 9.17) is 10.2 Å². The Hall–Kier alpha value is -0.803. The van der Waals surface area contributed by atoms with Crippen LogP contribution < -0.4 is 10.2 Å². The van der Waals surface area contributed by atoms with Gasteiger partial charge in [-0.05, 0) is 44.3 Å². The molecule has 2 nitrogen and oxygen atoms in total. The molecular formula is C11H19NOSi. The molecule has 1 rings (SSSR count). The summed E-state index contributed by atoms with van der Waals surface area (Å²) in [6, 6.07) is 8.14. The van der Waals surface area contributed by atoms with Crippen molar-refractivity contribution in [1.29, 1.82) is 0 Å². The third-order valence-corrected chi connectivity index (χ3v) is 2.68. The zero-order chi connectivity index (χ0) is 10.8. The van der Waals surface area contributed by atoms with Gasteiger partial charge in [0.05, 0.1) is 0 Å². The van der Waals surface area contributed by atoms with Crippen LogP contribution >= 0.6 is 0 Å². The van der Waals surface area contributed by atoms with Crippen LogP contribution in [-0.4, -0.2) is 8.32 Å². The third kappa shape index (κ3) is 3.52. The lowest BCUT2D eigenvalue weighted by Gasteiger charge is -2.19. The Balaban J connectivity index is 2.74. The van der Waals surface area contributed by atoms with Crippen molar-refractivity contribution < 1.29 is 4.43 Å². The van der Waals surface area contributed by atoms with Crippen molar-refractivity contribution in [3.63, 3.8) is 0 Å². The van der Waals surface area contributed by atoms with Crippen LogP contribution in [0.4, 0.5) is 0 Å². The van der Waals surface area contributed by atoms with E-state index in [2.05, 4.69) is 19.6 Å². The molecule has 14 heavy (non-hydrogen) atoms. The van der Waals surface area contributed by atoms with Crippen LogP contribution in [0.15, 0.2) is 24.3 Å². The van der Waals surface area contributed by atoms with Gasteiger partial charge in [0.1, 0.15) is 5.75 Å². The minimum atomic E-state index is -1.47. The Morgan fingerprint density at radius 1 is 1.14 bits per heavy atom. The molecule has 1 aromatic carbocycles. The molecule has 1 aromatic rings. The van der Waals surface area contributed by atoms with Gasteiger partial charge >= 0.3 is 0 Å². The van der Waals surface area contributed by atoms with Crippen molar-refractivity contribution >= 4 is 8.32 Å². The second-order valence-corrected chi connectivity index (χ2v) is 9.00. The normalized spacial score (nSPS) is 13.8. The van der Waals surface area contributed by atoms with E-state index in [-0.39, 0.29) is 6.04 Å². The third-order valence-electron chi connectivity index (χ3n) is 1.83. The lowest BCUT2D eigenvalue weighted by Crippen LogP contribution is -2.29. The van der Waals surface area contributed by atoms with Crippen molar-refractivity contribution in [3.8, 4) is 5.75 Å². The fourth-order valence-electron chi connectivity index (χ4n) is 1.19. The smallest absolute Gasteiger partial charge is 0.242 e. The van der Waals surface area contributed by atoms with E-state index in [9.17, 15) is 0 Å². The summed E-state index contributed by atoms with van der Waals surface area (Å²) < 4.78 is 5.83. The van der Waals surface area contributed by atoms with E-state index in [1.54, 1.807) is 0 Å². The fraction of sp³-hybridized carbons (Fsp3) is 0.455. The number of hydrogen-bond donors (Lipinski definition) is 1. The van der Waals surface area contributed by atoms with E-state index in [0.29, 0.717) is 0 Å². The molecular weight excluding hydrogens is 190 g/mol. The van der Waals surface area contributed by atoms with Crippen LogP contribution in [0.1, 0.15) is 18.5 Å². The Bertz CT molecular complexity index is 287. The SMILES string of the molecule is CC(N)c1ccc(O[Si](C)(C)C)cc1. The highest BCUT2D eigenvalue weighted by Crippen LogP contribution is 2.18. The molecule has 0 spiro atoms. The van der Waals surface area contributed by atoms with Crippen LogP contribution in [0.2, 0.25) is 19.6 Å². The lowest BCUT2D eigenvalue weighted by molar-refractivity contribution is 0.557. The predicted octanol–water partition coefficient (Wildman–Crippen LogP) is 2.92. The molecule has 0 heterocycles. The monoisotopic (exact) mass is 209 g/mol. The molecule has 3 heteroatoms. The molecule has 0 saturated heterocycles. The highest BCUT2D eigenvalue weighted by molar-refractivity contribution is 6.70. The van der Waals surface area contributed by atoms with Crippen molar-refractivity contribution in [2.24, 2.45) is 5.73 Å². The average Bonchev–Trinajstić information content (AvgIpc) is 2.02. The van der Waals surface area contributed by atoms with Crippen molar-refractivity contribution in [2.75, 3.05) is 0 Å². The number of benzene rings is 1. The van der Waals surface area contributed by atoms with Crippen molar-refractivity contribution in [1.82, 2.24) is 0 Å². The Morgan fingerprint density at radius 2 is 1.64 bits per heavy atom. The second-order valence-electron chi connectivity index (χ2n) is 4.57. The molecule has 1 unspecified atom stereocenters. The Morgan fingerprint density at radius 3 is 2.00 bits per heavy atom. The molecule has 0 aliphatic heterocycles. The molecule has 0 fully saturated rings. The van der Waals surface area contributed by atoms with Crippen LogP contribution in [-0.2, 0) is 0 Å². The van der Waals surface area contributed by atoms with Gasteiger partial charge in [-0.1, -0.05) is 12.1 Å². The summed E-state index contributed by atoms with van der Waals surface area (Å²) in [4.78, 5) is 0. The summed E-state index contributed by atoms with van der Waals surface area (Å²) in [5.74, 6) is 0.952. The quantitative estimate of drug-likeness (QED) is 0.777. The summed E-state index contributed by atoms with van der Waals surface area (Å²) >= 11 is 0. The van der Waals surface area contributed by atoms with Gasteiger partial charge in [-0.25, -0.2) is 0 Å². The summed E-state index contributed by atoms with van der Waals surface area (Å²) in [5, 5.41) is 0. The molecule has 0 aliphatic rings. The lowest BCUT2D eigenvalue weighted by atomic mass is 10.1. The average molecular weight is 209 g/mol. The van der Waals surface area contributed by atoms with Gasteiger partial charge in [-0.2, -0.15) is 0 Å². The minimum absolute atomic E-state index is 0.0935. The summed E-state index contributed by atoms with van der Waals surface area (Å²) in [5.41, 5.74) is 6.91. The van der Waals surface area contributed by atoms with Crippen molar-refractivity contribution in [2.45, 2.75) is 32.6 Å². The summed E-state index contributed by atoms with van der Waals surface area (Å²) in [7, 11) is -1.47. The van der Waals surface area contributed by atoms with E-state index in [1.165, 1.54) is 0 Å². The molecule has 0 aliphatic carbocycles.